The quantitative estimate of drug-likeness (QED) is 0.834. The fourth-order valence-corrected chi connectivity index (χ4v) is 3.94. The normalized spacial score (nSPS) is 13.8. The van der Waals surface area contributed by atoms with E-state index in [0.29, 0.717) is 24.6 Å². The first kappa shape index (κ1) is 17.6. The van der Waals surface area contributed by atoms with Crippen LogP contribution in [0.1, 0.15) is 36.5 Å². The standard InChI is InChI=1S/C19H22N2O3S/c1-13(2)15-5-3-14(4-6-15)9-10-20-25(23,24)17-7-8-18-16(11-17)12-19(22)21-18/h3-8,11,13,20H,9-10,12H2,1-2H3,(H,21,22). The number of hydrogen-bond donors (Lipinski definition) is 2. The van der Waals surface area contributed by atoms with Crippen LogP contribution in [0.2, 0.25) is 0 Å². The molecule has 6 heteroatoms. The molecule has 25 heavy (non-hydrogen) atoms. The van der Waals surface area contributed by atoms with Gasteiger partial charge in [-0.1, -0.05) is 38.1 Å². The average molecular weight is 358 g/mol. The number of sulfonamides is 1. The largest absolute Gasteiger partial charge is 0.326 e. The zero-order valence-electron chi connectivity index (χ0n) is 14.4. The van der Waals surface area contributed by atoms with E-state index in [1.807, 2.05) is 12.1 Å². The number of carbonyl (C=O) groups excluding carboxylic acids is 1. The Hall–Kier alpha value is -2.18. The van der Waals surface area contributed by atoms with Gasteiger partial charge in [0, 0.05) is 12.2 Å². The van der Waals surface area contributed by atoms with E-state index in [2.05, 4.69) is 36.0 Å². The molecule has 0 aliphatic carbocycles. The van der Waals surface area contributed by atoms with Crippen molar-refractivity contribution in [2.24, 2.45) is 0 Å². The van der Waals surface area contributed by atoms with Crippen LogP contribution in [0.4, 0.5) is 5.69 Å². The smallest absolute Gasteiger partial charge is 0.240 e. The van der Waals surface area contributed by atoms with Gasteiger partial charge in [-0.2, -0.15) is 0 Å². The molecule has 0 unspecified atom stereocenters. The van der Waals surface area contributed by atoms with Gasteiger partial charge in [0.1, 0.15) is 0 Å². The first-order valence-electron chi connectivity index (χ1n) is 8.36. The molecular weight excluding hydrogens is 336 g/mol. The summed E-state index contributed by atoms with van der Waals surface area (Å²) in [7, 11) is -3.58. The van der Waals surface area contributed by atoms with Crippen LogP contribution in [0.3, 0.4) is 0 Å². The zero-order chi connectivity index (χ0) is 18.0. The Balaban J connectivity index is 1.62. The summed E-state index contributed by atoms with van der Waals surface area (Å²) in [5, 5.41) is 2.70. The zero-order valence-corrected chi connectivity index (χ0v) is 15.2. The number of fused-ring (bicyclic) bond motifs is 1. The van der Waals surface area contributed by atoms with Crippen LogP contribution in [0, 0.1) is 0 Å². The summed E-state index contributed by atoms with van der Waals surface area (Å²) in [6.07, 6.45) is 0.851. The van der Waals surface area contributed by atoms with Crippen molar-refractivity contribution < 1.29 is 13.2 Å². The second-order valence-electron chi connectivity index (χ2n) is 6.59. The Bertz CT molecular complexity index is 887. The Labute approximate surface area is 148 Å². The molecule has 0 saturated carbocycles. The molecule has 1 aliphatic heterocycles. The van der Waals surface area contributed by atoms with Gasteiger partial charge in [0.2, 0.25) is 15.9 Å². The minimum absolute atomic E-state index is 0.109. The number of nitrogens with one attached hydrogen (secondary N) is 2. The van der Waals surface area contributed by atoms with E-state index in [9.17, 15) is 13.2 Å². The molecule has 2 N–H and O–H groups in total. The summed E-state index contributed by atoms with van der Waals surface area (Å²) in [5.41, 5.74) is 3.77. The molecule has 0 atom stereocenters. The molecular formula is C19H22N2O3S. The summed E-state index contributed by atoms with van der Waals surface area (Å²) >= 11 is 0. The van der Waals surface area contributed by atoms with Crippen LogP contribution < -0.4 is 10.0 Å². The lowest BCUT2D eigenvalue weighted by atomic mass is 10.0. The van der Waals surface area contributed by atoms with Crippen LogP contribution in [0.5, 0.6) is 0 Å². The third kappa shape index (κ3) is 4.08. The van der Waals surface area contributed by atoms with Crippen molar-refractivity contribution >= 4 is 21.6 Å². The molecule has 0 saturated heterocycles. The first-order chi connectivity index (χ1) is 11.8. The fraction of sp³-hybridized carbons (Fsp3) is 0.316. The molecule has 5 nitrogen and oxygen atoms in total. The highest BCUT2D eigenvalue weighted by molar-refractivity contribution is 7.89. The SMILES string of the molecule is CC(C)c1ccc(CCNS(=O)(=O)c2ccc3c(c2)CC(=O)N3)cc1. The van der Waals surface area contributed by atoms with Crippen molar-refractivity contribution in [2.75, 3.05) is 11.9 Å². The predicted octanol–water partition coefficient (Wildman–Crippen LogP) is 2.83. The van der Waals surface area contributed by atoms with Crippen LogP contribution in [0.25, 0.3) is 0 Å². The molecule has 3 rings (SSSR count). The van der Waals surface area contributed by atoms with Gasteiger partial charge in [0.25, 0.3) is 0 Å². The highest BCUT2D eigenvalue weighted by Crippen LogP contribution is 2.25. The van der Waals surface area contributed by atoms with Gasteiger partial charge in [-0.25, -0.2) is 13.1 Å². The first-order valence-corrected chi connectivity index (χ1v) is 9.85. The molecule has 0 radical (unpaired) electrons. The van der Waals surface area contributed by atoms with Gasteiger partial charge in [-0.15, -0.1) is 0 Å². The second-order valence-corrected chi connectivity index (χ2v) is 8.35. The molecule has 0 fully saturated rings. The molecule has 0 aromatic heterocycles. The lowest BCUT2D eigenvalue weighted by Gasteiger charge is -2.09. The van der Waals surface area contributed by atoms with E-state index >= 15 is 0 Å². The van der Waals surface area contributed by atoms with Gasteiger partial charge in [0.05, 0.1) is 11.3 Å². The van der Waals surface area contributed by atoms with Crippen LogP contribution >= 0.6 is 0 Å². The van der Waals surface area contributed by atoms with Crippen molar-refractivity contribution in [3.05, 3.63) is 59.2 Å². The molecule has 132 valence electrons. The van der Waals surface area contributed by atoms with Crippen molar-refractivity contribution in [3.63, 3.8) is 0 Å². The minimum atomic E-state index is -3.58. The highest BCUT2D eigenvalue weighted by atomic mass is 32.2. The number of anilines is 1. The molecule has 2 aromatic carbocycles. The Kier molecular flexibility index (Phi) is 4.92. The maximum absolute atomic E-state index is 12.4. The van der Waals surface area contributed by atoms with Gasteiger partial charge < -0.3 is 5.32 Å². The summed E-state index contributed by atoms with van der Waals surface area (Å²) in [6, 6.07) is 13.0. The van der Waals surface area contributed by atoms with Crippen LogP contribution in [-0.4, -0.2) is 20.9 Å². The topological polar surface area (TPSA) is 75.3 Å². The summed E-state index contributed by atoms with van der Waals surface area (Å²) in [6.45, 7) is 4.61. The van der Waals surface area contributed by atoms with Gasteiger partial charge in [-0.3, -0.25) is 4.79 Å². The van der Waals surface area contributed by atoms with E-state index in [0.717, 1.165) is 11.1 Å². The van der Waals surface area contributed by atoms with Crippen molar-refractivity contribution in [2.45, 2.75) is 37.5 Å². The van der Waals surface area contributed by atoms with Crippen molar-refractivity contribution in [3.8, 4) is 0 Å². The van der Waals surface area contributed by atoms with Crippen LogP contribution in [-0.2, 0) is 27.7 Å². The summed E-state index contributed by atoms with van der Waals surface area (Å²) < 4.78 is 27.5. The molecule has 0 bridgehead atoms. The monoisotopic (exact) mass is 358 g/mol. The average Bonchev–Trinajstić information content (AvgIpc) is 2.94. The molecule has 1 amide bonds. The lowest BCUT2D eigenvalue weighted by molar-refractivity contribution is -0.115. The van der Waals surface area contributed by atoms with Gasteiger partial charge in [-0.05, 0) is 47.2 Å². The molecule has 0 spiro atoms. The fourth-order valence-electron chi connectivity index (χ4n) is 2.86. The van der Waals surface area contributed by atoms with E-state index in [1.54, 1.807) is 12.1 Å². The number of amides is 1. The second kappa shape index (κ2) is 6.98. The Morgan fingerprint density at radius 3 is 2.52 bits per heavy atom. The number of benzene rings is 2. The summed E-state index contributed by atoms with van der Waals surface area (Å²) in [4.78, 5) is 11.6. The van der Waals surface area contributed by atoms with Gasteiger partial charge in [0.15, 0.2) is 0 Å². The summed E-state index contributed by atoms with van der Waals surface area (Å²) in [5.74, 6) is 0.371. The molecule has 2 aromatic rings. The third-order valence-electron chi connectivity index (χ3n) is 4.36. The Morgan fingerprint density at radius 2 is 1.84 bits per heavy atom. The highest BCUT2D eigenvalue weighted by Gasteiger charge is 2.21. The van der Waals surface area contributed by atoms with Crippen molar-refractivity contribution in [1.82, 2.24) is 4.72 Å². The van der Waals surface area contributed by atoms with Gasteiger partial charge >= 0.3 is 0 Å². The maximum Gasteiger partial charge on any atom is 0.240 e. The van der Waals surface area contributed by atoms with E-state index in [1.165, 1.54) is 11.6 Å². The third-order valence-corrected chi connectivity index (χ3v) is 5.82. The maximum atomic E-state index is 12.4. The van der Waals surface area contributed by atoms with E-state index in [4.69, 9.17) is 0 Å². The van der Waals surface area contributed by atoms with E-state index in [-0.39, 0.29) is 17.2 Å². The number of hydrogen-bond acceptors (Lipinski definition) is 3. The molecule has 1 heterocycles. The van der Waals surface area contributed by atoms with Crippen LogP contribution in [0.15, 0.2) is 47.4 Å². The Morgan fingerprint density at radius 1 is 1.12 bits per heavy atom. The van der Waals surface area contributed by atoms with E-state index < -0.39 is 10.0 Å². The number of rotatable bonds is 6. The number of carbonyl (C=O) groups is 1. The van der Waals surface area contributed by atoms with Crippen molar-refractivity contribution in [1.29, 1.82) is 0 Å². The molecule has 1 aliphatic rings. The minimum Gasteiger partial charge on any atom is -0.326 e. The predicted molar refractivity (Wildman–Crippen MR) is 98.2 cm³/mol. The lowest BCUT2D eigenvalue weighted by Crippen LogP contribution is -2.26.